The molecule has 0 unspecified atom stereocenters. The van der Waals surface area contributed by atoms with Gasteiger partial charge < -0.3 is 15.5 Å². The normalized spacial score (nSPS) is 14.3. The van der Waals surface area contributed by atoms with Crippen molar-refractivity contribution in [2.24, 2.45) is 5.92 Å². The van der Waals surface area contributed by atoms with Gasteiger partial charge in [-0.1, -0.05) is 25.1 Å². The van der Waals surface area contributed by atoms with E-state index >= 15 is 0 Å². The molecule has 152 valence electrons. The van der Waals surface area contributed by atoms with E-state index < -0.39 is 0 Å². The Morgan fingerprint density at radius 3 is 2.21 bits per heavy atom. The zero-order chi connectivity index (χ0) is 20.6. The number of likely N-dealkylation sites (tertiary alicyclic amines) is 1. The third kappa shape index (κ3) is 5.44. The van der Waals surface area contributed by atoms with Crippen LogP contribution in [0, 0.1) is 5.92 Å². The number of rotatable bonds is 6. The standard InChI is InChI=1S/C23H27N3O3/c1-2-14-24-21(27)18-12-15-26(16-13-18)23(29)19-8-10-20(11-9-19)25-22(28)17-6-4-3-5-7-17/h3-11,18H,2,12-16H2,1H3,(H,24,27)(H,25,28). The van der Waals surface area contributed by atoms with Gasteiger partial charge in [-0.2, -0.15) is 0 Å². The minimum absolute atomic E-state index is 0.0128. The molecule has 2 aromatic carbocycles. The monoisotopic (exact) mass is 393 g/mol. The van der Waals surface area contributed by atoms with Gasteiger partial charge in [-0.3, -0.25) is 14.4 Å². The molecule has 1 saturated heterocycles. The van der Waals surface area contributed by atoms with E-state index in [1.54, 1.807) is 41.3 Å². The topological polar surface area (TPSA) is 78.5 Å². The maximum Gasteiger partial charge on any atom is 0.255 e. The summed E-state index contributed by atoms with van der Waals surface area (Å²) < 4.78 is 0. The first-order valence-electron chi connectivity index (χ1n) is 10.1. The van der Waals surface area contributed by atoms with Crippen molar-refractivity contribution in [3.63, 3.8) is 0 Å². The quantitative estimate of drug-likeness (QED) is 0.790. The average Bonchev–Trinajstić information content (AvgIpc) is 2.78. The Balaban J connectivity index is 1.53. The summed E-state index contributed by atoms with van der Waals surface area (Å²) >= 11 is 0. The van der Waals surface area contributed by atoms with Gasteiger partial charge in [-0.25, -0.2) is 0 Å². The molecule has 3 amide bonds. The largest absolute Gasteiger partial charge is 0.356 e. The molecule has 6 nitrogen and oxygen atoms in total. The van der Waals surface area contributed by atoms with Crippen molar-refractivity contribution in [1.29, 1.82) is 0 Å². The van der Waals surface area contributed by atoms with Crippen LogP contribution >= 0.6 is 0 Å². The highest BCUT2D eigenvalue weighted by molar-refractivity contribution is 6.04. The van der Waals surface area contributed by atoms with Gasteiger partial charge in [-0.15, -0.1) is 0 Å². The van der Waals surface area contributed by atoms with Crippen LogP contribution in [-0.2, 0) is 4.79 Å². The summed E-state index contributed by atoms with van der Waals surface area (Å²) in [6.45, 7) is 3.89. The lowest BCUT2D eigenvalue weighted by molar-refractivity contribution is -0.126. The Morgan fingerprint density at radius 2 is 1.59 bits per heavy atom. The van der Waals surface area contributed by atoms with Gasteiger partial charge in [0.05, 0.1) is 0 Å². The molecule has 1 fully saturated rings. The number of benzene rings is 2. The Hall–Kier alpha value is -3.15. The molecule has 0 aliphatic carbocycles. The van der Waals surface area contributed by atoms with Gasteiger partial charge in [0.15, 0.2) is 0 Å². The number of anilines is 1. The van der Waals surface area contributed by atoms with Crippen molar-refractivity contribution < 1.29 is 14.4 Å². The number of amides is 3. The highest BCUT2D eigenvalue weighted by Crippen LogP contribution is 2.20. The second-order valence-corrected chi connectivity index (χ2v) is 7.26. The van der Waals surface area contributed by atoms with E-state index in [0.29, 0.717) is 49.3 Å². The Bertz CT molecular complexity index is 841. The van der Waals surface area contributed by atoms with E-state index in [0.717, 1.165) is 6.42 Å². The van der Waals surface area contributed by atoms with Crippen molar-refractivity contribution in [3.05, 3.63) is 65.7 Å². The Kier molecular flexibility index (Phi) is 7.00. The number of nitrogens with zero attached hydrogens (tertiary/aromatic N) is 1. The summed E-state index contributed by atoms with van der Waals surface area (Å²) in [5.41, 5.74) is 1.80. The Labute approximate surface area is 171 Å². The van der Waals surface area contributed by atoms with Crippen LogP contribution in [-0.4, -0.2) is 42.3 Å². The van der Waals surface area contributed by atoms with Crippen molar-refractivity contribution in [2.75, 3.05) is 25.0 Å². The first-order chi connectivity index (χ1) is 14.1. The van der Waals surface area contributed by atoms with E-state index in [1.807, 2.05) is 25.1 Å². The summed E-state index contributed by atoms with van der Waals surface area (Å²) in [5, 5.41) is 5.77. The molecule has 6 heteroatoms. The summed E-state index contributed by atoms with van der Waals surface area (Å²) in [5.74, 6) is -0.148. The minimum Gasteiger partial charge on any atom is -0.356 e. The molecule has 2 aromatic rings. The van der Waals surface area contributed by atoms with Crippen LogP contribution in [0.15, 0.2) is 54.6 Å². The zero-order valence-corrected chi connectivity index (χ0v) is 16.7. The van der Waals surface area contributed by atoms with Crippen molar-refractivity contribution >= 4 is 23.4 Å². The smallest absolute Gasteiger partial charge is 0.255 e. The fourth-order valence-corrected chi connectivity index (χ4v) is 3.41. The first-order valence-corrected chi connectivity index (χ1v) is 10.1. The van der Waals surface area contributed by atoms with Crippen LogP contribution in [0.3, 0.4) is 0 Å². The van der Waals surface area contributed by atoms with Gasteiger partial charge in [0.2, 0.25) is 5.91 Å². The summed E-state index contributed by atoms with van der Waals surface area (Å²) in [7, 11) is 0. The number of hydrogen-bond acceptors (Lipinski definition) is 3. The van der Waals surface area contributed by atoms with Crippen molar-refractivity contribution in [1.82, 2.24) is 10.2 Å². The average molecular weight is 393 g/mol. The van der Waals surface area contributed by atoms with Crippen LogP contribution in [0.25, 0.3) is 0 Å². The molecule has 0 aromatic heterocycles. The zero-order valence-electron chi connectivity index (χ0n) is 16.7. The highest BCUT2D eigenvalue weighted by Gasteiger charge is 2.27. The maximum atomic E-state index is 12.7. The molecular formula is C23H27N3O3. The lowest BCUT2D eigenvalue weighted by atomic mass is 9.95. The predicted molar refractivity (Wildman–Crippen MR) is 113 cm³/mol. The molecule has 1 heterocycles. The molecule has 0 radical (unpaired) electrons. The van der Waals surface area contributed by atoms with Crippen molar-refractivity contribution in [2.45, 2.75) is 26.2 Å². The van der Waals surface area contributed by atoms with Crippen LogP contribution in [0.2, 0.25) is 0 Å². The Morgan fingerprint density at radius 1 is 0.931 bits per heavy atom. The van der Waals surface area contributed by atoms with Gasteiger partial charge in [-0.05, 0) is 55.7 Å². The van der Waals surface area contributed by atoms with Crippen LogP contribution < -0.4 is 10.6 Å². The van der Waals surface area contributed by atoms with Gasteiger partial charge in [0, 0.05) is 42.4 Å². The van der Waals surface area contributed by atoms with Crippen LogP contribution in [0.1, 0.15) is 46.9 Å². The number of piperidine rings is 1. The number of hydrogen-bond donors (Lipinski definition) is 2. The second kappa shape index (κ2) is 9.87. The number of carbonyl (C=O) groups excluding carboxylic acids is 3. The third-order valence-electron chi connectivity index (χ3n) is 5.13. The fraction of sp³-hybridized carbons (Fsp3) is 0.348. The third-order valence-corrected chi connectivity index (χ3v) is 5.13. The van der Waals surface area contributed by atoms with Crippen molar-refractivity contribution in [3.8, 4) is 0 Å². The molecule has 3 rings (SSSR count). The summed E-state index contributed by atoms with van der Waals surface area (Å²) in [6, 6.07) is 15.9. The van der Waals surface area contributed by atoms with Gasteiger partial charge in [0.25, 0.3) is 11.8 Å². The molecule has 2 N–H and O–H groups in total. The highest BCUT2D eigenvalue weighted by atomic mass is 16.2. The minimum atomic E-state index is -0.187. The number of nitrogens with one attached hydrogen (secondary N) is 2. The van der Waals surface area contributed by atoms with E-state index in [-0.39, 0.29) is 23.6 Å². The van der Waals surface area contributed by atoms with Crippen LogP contribution in [0.5, 0.6) is 0 Å². The lowest BCUT2D eigenvalue weighted by Crippen LogP contribution is -2.43. The molecule has 1 aliphatic heterocycles. The van der Waals surface area contributed by atoms with Gasteiger partial charge in [0.1, 0.15) is 0 Å². The van der Waals surface area contributed by atoms with E-state index in [1.165, 1.54) is 0 Å². The molecule has 0 saturated carbocycles. The van der Waals surface area contributed by atoms with E-state index in [9.17, 15) is 14.4 Å². The summed E-state index contributed by atoms with van der Waals surface area (Å²) in [4.78, 5) is 38.8. The molecule has 0 atom stereocenters. The second-order valence-electron chi connectivity index (χ2n) is 7.26. The van der Waals surface area contributed by atoms with E-state index in [2.05, 4.69) is 10.6 Å². The fourth-order valence-electron chi connectivity index (χ4n) is 3.41. The maximum absolute atomic E-state index is 12.7. The SMILES string of the molecule is CCCNC(=O)C1CCN(C(=O)c2ccc(NC(=O)c3ccccc3)cc2)CC1. The molecule has 0 bridgehead atoms. The lowest BCUT2D eigenvalue weighted by Gasteiger charge is -2.31. The first kappa shape index (κ1) is 20.6. The predicted octanol–water partition coefficient (Wildman–Crippen LogP) is 3.32. The van der Waals surface area contributed by atoms with E-state index in [4.69, 9.17) is 0 Å². The number of carbonyl (C=O) groups is 3. The van der Waals surface area contributed by atoms with Crippen LogP contribution in [0.4, 0.5) is 5.69 Å². The molecule has 0 spiro atoms. The molecule has 1 aliphatic rings. The molecule has 29 heavy (non-hydrogen) atoms. The van der Waals surface area contributed by atoms with Gasteiger partial charge >= 0.3 is 0 Å². The molecular weight excluding hydrogens is 366 g/mol. The summed E-state index contributed by atoms with van der Waals surface area (Å²) in [6.07, 6.45) is 2.30.